The molecular formula is C16H21N3O2. The maximum Gasteiger partial charge on any atom is 0.247 e. The first kappa shape index (κ1) is 15.2. The molecule has 0 radical (unpaired) electrons. The Hall–Kier alpha value is -2.17. The van der Waals surface area contributed by atoms with E-state index < -0.39 is 0 Å². The molecule has 5 nitrogen and oxygen atoms in total. The molecule has 1 amide bonds. The number of carbonyl (C=O) groups is 1. The Balaban J connectivity index is 1.92. The van der Waals surface area contributed by atoms with Crippen LogP contribution in [0.1, 0.15) is 31.7 Å². The van der Waals surface area contributed by atoms with Crippen LogP contribution < -0.4 is 5.32 Å². The summed E-state index contributed by atoms with van der Waals surface area (Å²) in [5.41, 5.74) is 2.02. The summed E-state index contributed by atoms with van der Waals surface area (Å²) in [6.45, 7) is 6.81. The van der Waals surface area contributed by atoms with Crippen LogP contribution in [0.2, 0.25) is 0 Å². The van der Waals surface area contributed by atoms with Gasteiger partial charge in [0.05, 0.1) is 0 Å². The van der Waals surface area contributed by atoms with Crippen LogP contribution in [0.5, 0.6) is 0 Å². The number of hydrogen-bond acceptors (Lipinski definition) is 4. The lowest BCUT2D eigenvalue weighted by Gasteiger charge is -2.06. The fourth-order valence-electron chi connectivity index (χ4n) is 1.90. The van der Waals surface area contributed by atoms with Crippen LogP contribution in [0, 0.1) is 12.8 Å². The summed E-state index contributed by atoms with van der Waals surface area (Å²) >= 11 is 0. The average molecular weight is 287 g/mol. The van der Waals surface area contributed by atoms with Crippen LogP contribution >= 0.6 is 0 Å². The van der Waals surface area contributed by atoms with E-state index >= 15 is 0 Å². The monoisotopic (exact) mass is 287 g/mol. The standard InChI is InChI=1S/C16H21N3O2/c1-11(2)10-17-14(20)8-9-15-18-19-16(21-15)13-7-5-4-6-12(13)3/h4-7,11H,8-10H2,1-3H3,(H,17,20). The second-order valence-corrected chi connectivity index (χ2v) is 5.51. The van der Waals surface area contributed by atoms with E-state index in [1.807, 2.05) is 31.2 Å². The third-order valence-corrected chi connectivity index (χ3v) is 3.12. The van der Waals surface area contributed by atoms with Crippen molar-refractivity contribution in [2.75, 3.05) is 6.54 Å². The van der Waals surface area contributed by atoms with Crippen molar-refractivity contribution in [3.63, 3.8) is 0 Å². The van der Waals surface area contributed by atoms with Crippen molar-refractivity contribution in [3.05, 3.63) is 35.7 Å². The van der Waals surface area contributed by atoms with Crippen LogP contribution in [0.25, 0.3) is 11.5 Å². The zero-order valence-corrected chi connectivity index (χ0v) is 12.7. The Kier molecular flexibility index (Phi) is 5.09. The Bertz CT molecular complexity index is 605. The second kappa shape index (κ2) is 7.02. The van der Waals surface area contributed by atoms with Crippen molar-refractivity contribution in [3.8, 4) is 11.5 Å². The van der Waals surface area contributed by atoms with E-state index in [1.54, 1.807) is 0 Å². The van der Waals surface area contributed by atoms with Crippen molar-refractivity contribution in [2.24, 2.45) is 5.92 Å². The molecule has 0 fully saturated rings. The van der Waals surface area contributed by atoms with Gasteiger partial charge in [0, 0.05) is 24.9 Å². The van der Waals surface area contributed by atoms with Crippen molar-refractivity contribution >= 4 is 5.91 Å². The summed E-state index contributed by atoms with van der Waals surface area (Å²) in [7, 11) is 0. The summed E-state index contributed by atoms with van der Waals surface area (Å²) in [5, 5.41) is 10.9. The highest BCUT2D eigenvalue weighted by molar-refractivity contribution is 5.76. The smallest absolute Gasteiger partial charge is 0.247 e. The second-order valence-electron chi connectivity index (χ2n) is 5.51. The van der Waals surface area contributed by atoms with E-state index in [0.29, 0.717) is 37.1 Å². The summed E-state index contributed by atoms with van der Waals surface area (Å²) in [6.07, 6.45) is 0.824. The number of benzene rings is 1. The van der Waals surface area contributed by atoms with Gasteiger partial charge in [0.15, 0.2) is 0 Å². The average Bonchev–Trinajstić information content (AvgIpc) is 2.92. The minimum atomic E-state index is 0.0133. The summed E-state index contributed by atoms with van der Waals surface area (Å²) in [5.74, 6) is 1.46. The molecule has 21 heavy (non-hydrogen) atoms. The van der Waals surface area contributed by atoms with Crippen LogP contribution in [0.4, 0.5) is 0 Å². The van der Waals surface area contributed by atoms with Crippen molar-refractivity contribution < 1.29 is 9.21 Å². The zero-order chi connectivity index (χ0) is 15.2. The summed E-state index contributed by atoms with van der Waals surface area (Å²) in [6, 6.07) is 7.85. The van der Waals surface area contributed by atoms with Gasteiger partial charge < -0.3 is 9.73 Å². The molecule has 2 aromatic rings. The van der Waals surface area contributed by atoms with E-state index in [9.17, 15) is 4.79 Å². The van der Waals surface area contributed by atoms with E-state index in [0.717, 1.165) is 11.1 Å². The lowest BCUT2D eigenvalue weighted by molar-refractivity contribution is -0.121. The first-order chi connectivity index (χ1) is 10.1. The summed E-state index contributed by atoms with van der Waals surface area (Å²) < 4.78 is 5.62. The van der Waals surface area contributed by atoms with E-state index in [4.69, 9.17) is 4.42 Å². The number of aryl methyl sites for hydroxylation is 2. The van der Waals surface area contributed by atoms with Crippen LogP contribution in [0.3, 0.4) is 0 Å². The molecule has 0 saturated heterocycles. The minimum Gasteiger partial charge on any atom is -0.421 e. The van der Waals surface area contributed by atoms with Gasteiger partial charge in [0.1, 0.15) is 0 Å². The maximum absolute atomic E-state index is 11.7. The van der Waals surface area contributed by atoms with E-state index in [-0.39, 0.29) is 5.91 Å². The predicted octanol–water partition coefficient (Wildman–Crippen LogP) is 2.75. The number of hydrogen-bond donors (Lipinski definition) is 1. The van der Waals surface area contributed by atoms with Crippen molar-refractivity contribution in [1.82, 2.24) is 15.5 Å². The topological polar surface area (TPSA) is 68.0 Å². The number of aromatic nitrogens is 2. The zero-order valence-electron chi connectivity index (χ0n) is 12.7. The SMILES string of the molecule is Cc1ccccc1-c1nnc(CCC(=O)NCC(C)C)o1. The van der Waals surface area contributed by atoms with Crippen molar-refractivity contribution in [2.45, 2.75) is 33.6 Å². The molecule has 0 bridgehead atoms. The normalized spacial score (nSPS) is 10.9. The molecule has 0 unspecified atom stereocenters. The molecule has 1 heterocycles. The molecule has 1 aromatic heterocycles. The molecule has 0 aliphatic rings. The maximum atomic E-state index is 11.7. The van der Waals surface area contributed by atoms with Crippen LogP contribution in [0.15, 0.2) is 28.7 Å². The van der Waals surface area contributed by atoms with Crippen LogP contribution in [-0.2, 0) is 11.2 Å². The Morgan fingerprint density at radius 2 is 2.05 bits per heavy atom. The minimum absolute atomic E-state index is 0.0133. The number of nitrogens with zero attached hydrogens (tertiary/aromatic N) is 2. The highest BCUT2D eigenvalue weighted by atomic mass is 16.4. The molecule has 0 saturated carbocycles. The molecule has 0 aliphatic heterocycles. The van der Waals surface area contributed by atoms with Crippen LogP contribution in [-0.4, -0.2) is 22.6 Å². The Labute approximate surface area is 124 Å². The number of nitrogens with one attached hydrogen (secondary N) is 1. The quantitative estimate of drug-likeness (QED) is 0.887. The summed E-state index contributed by atoms with van der Waals surface area (Å²) in [4.78, 5) is 11.7. The van der Waals surface area contributed by atoms with E-state index in [1.165, 1.54) is 0 Å². The fourth-order valence-corrected chi connectivity index (χ4v) is 1.90. The number of carbonyl (C=O) groups excluding carboxylic acids is 1. The Morgan fingerprint density at radius 3 is 2.76 bits per heavy atom. The first-order valence-electron chi connectivity index (χ1n) is 7.21. The lowest BCUT2D eigenvalue weighted by atomic mass is 10.1. The molecule has 1 N–H and O–H groups in total. The molecule has 0 atom stereocenters. The molecular weight excluding hydrogens is 266 g/mol. The highest BCUT2D eigenvalue weighted by Crippen LogP contribution is 2.21. The van der Waals surface area contributed by atoms with Gasteiger partial charge in [-0.15, -0.1) is 10.2 Å². The fraction of sp³-hybridized carbons (Fsp3) is 0.438. The molecule has 0 spiro atoms. The van der Waals surface area contributed by atoms with Crippen molar-refractivity contribution in [1.29, 1.82) is 0 Å². The largest absolute Gasteiger partial charge is 0.421 e. The molecule has 5 heteroatoms. The predicted molar refractivity (Wildman–Crippen MR) is 80.6 cm³/mol. The Morgan fingerprint density at radius 1 is 1.29 bits per heavy atom. The van der Waals surface area contributed by atoms with Gasteiger partial charge in [-0.3, -0.25) is 4.79 Å². The van der Waals surface area contributed by atoms with Gasteiger partial charge in [-0.2, -0.15) is 0 Å². The molecule has 2 rings (SSSR count). The molecule has 1 aromatic carbocycles. The van der Waals surface area contributed by atoms with E-state index in [2.05, 4.69) is 29.4 Å². The third-order valence-electron chi connectivity index (χ3n) is 3.12. The molecule has 0 aliphatic carbocycles. The highest BCUT2D eigenvalue weighted by Gasteiger charge is 2.11. The third kappa shape index (κ3) is 4.41. The first-order valence-corrected chi connectivity index (χ1v) is 7.21. The number of rotatable bonds is 6. The van der Waals surface area contributed by atoms with Gasteiger partial charge in [-0.1, -0.05) is 32.0 Å². The van der Waals surface area contributed by atoms with Gasteiger partial charge in [-0.25, -0.2) is 0 Å². The number of amides is 1. The van der Waals surface area contributed by atoms with Gasteiger partial charge in [0.2, 0.25) is 17.7 Å². The van der Waals surface area contributed by atoms with Gasteiger partial charge in [0.25, 0.3) is 0 Å². The van der Waals surface area contributed by atoms with Gasteiger partial charge in [-0.05, 0) is 24.5 Å². The van der Waals surface area contributed by atoms with Gasteiger partial charge >= 0.3 is 0 Å². The molecule has 112 valence electrons. The lowest BCUT2D eigenvalue weighted by Crippen LogP contribution is -2.27.